The van der Waals surface area contributed by atoms with Crippen molar-refractivity contribution >= 4 is 5.91 Å². The fraction of sp³-hybridized carbons (Fsp3) is 0.973. The molecule has 5 aliphatic heterocycles. The fourth-order valence-electron chi connectivity index (χ4n) is 8.29. The number of ether oxygens (including phenoxy) is 10. The zero-order valence-electron chi connectivity index (χ0n) is 36.2. The number of rotatable bonds is 21. The zero-order chi connectivity index (χ0) is 49.3. The third kappa shape index (κ3) is 13.0. The minimum atomic E-state index is -2.16. The van der Waals surface area contributed by atoms with Crippen molar-refractivity contribution in [1.29, 1.82) is 0 Å². The maximum Gasteiger partial charge on any atom is 0.217 e. The number of hydrogen-bond donors (Lipinski definition) is 16. The number of aliphatic hydroxyl groups excluding tert-OH is 14. The van der Waals surface area contributed by atoms with E-state index in [1.54, 1.807) is 0 Å². The number of nitrogens with two attached hydrogens (primary N) is 1. The minimum Gasteiger partial charge on any atom is -0.394 e. The fourth-order valence-corrected chi connectivity index (χ4v) is 8.29. The second-order valence-electron chi connectivity index (χ2n) is 16.6. The van der Waals surface area contributed by atoms with Gasteiger partial charge in [0.2, 0.25) is 5.91 Å². The summed E-state index contributed by atoms with van der Waals surface area (Å²) in [5, 5.41) is 156. The van der Waals surface area contributed by atoms with Gasteiger partial charge in [0.1, 0.15) is 116 Å². The van der Waals surface area contributed by atoms with E-state index in [2.05, 4.69) is 15.3 Å². The van der Waals surface area contributed by atoms with E-state index in [-0.39, 0.29) is 6.61 Å². The molecule has 5 saturated heterocycles. The van der Waals surface area contributed by atoms with Crippen LogP contribution in [0.25, 0.3) is 10.4 Å². The molecule has 67 heavy (non-hydrogen) atoms. The highest BCUT2D eigenvalue weighted by Crippen LogP contribution is 2.36. The normalized spacial score (nSPS) is 46.1. The van der Waals surface area contributed by atoms with E-state index in [4.69, 9.17) is 58.6 Å². The van der Waals surface area contributed by atoms with Crippen molar-refractivity contribution in [1.82, 2.24) is 5.32 Å². The number of nitrogens with one attached hydrogen (secondary N) is 1. The molecule has 1 amide bonds. The molecule has 388 valence electrons. The summed E-state index contributed by atoms with van der Waals surface area (Å²) in [6.07, 6.45) is -41.5. The van der Waals surface area contributed by atoms with Gasteiger partial charge in [-0.25, -0.2) is 0 Å². The van der Waals surface area contributed by atoms with Crippen molar-refractivity contribution in [3.05, 3.63) is 10.4 Å². The van der Waals surface area contributed by atoms with Crippen molar-refractivity contribution < 1.29 is 124 Å². The number of amides is 1. The van der Waals surface area contributed by atoms with Crippen LogP contribution in [0.1, 0.15) is 26.2 Å². The van der Waals surface area contributed by atoms with Crippen LogP contribution in [0.4, 0.5) is 0 Å². The molecule has 0 spiro atoms. The Morgan fingerprint density at radius 3 is 1.54 bits per heavy atom. The molecule has 0 radical (unpaired) electrons. The van der Waals surface area contributed by atoms with E-state index in [9.17, 15) is 76.3 Å². The van der Waals surface area contributed by atoms with Crippen LogP contribution in [0, 0.1) is 0 Å². The molecule has 30 nitrogen and oxygen atoms in total. The van der Waals surface area contributed by atoms with Crippen molar-refractivity contribution in [2.75, 3.05) is 46.1 Å². The van der Waals surface area contributed by atoms with Gasteiger partial charge in [-0.2, -0.15) is 0 Å². The summed E-state index contributed by atoms with van der Waals surface area (Å²) in [7, 11) is 0. The first-order valence-corrected chi connectivity index (χ1v) is 21.7. The number of carbonyl (C=O) groups excluding carboxylic acids is 1. The van der Waals surface area contributed by atoms with Gasteiger partial charge in [0.25, 0.3) is 0 Å². The van der Waals surface area contributed by atoms with Gasteiger partial charge in [0, 0.05) is 18.4 Å². The predicted molar refractivity (Wildman–Crippen MR) is 212 cm³/mol. The summed E-state index contributed by atoms with van der Waals surface area (Å²) < 4.78 is 57.2. The highest BCUT2D eigenvalue weighted by molar-refractivity contribution is 5.73. The average molecular weight is 980 g/mol. The molecule has 0 aromatic heterocycles. The quantitative estimate of drug-likeness (QED) is 0.0220. The summed E-state index contributed by atoms with van der Waals surface area (Å²) >= 11 is 0. The lowest BCUT2D eigenvalue weighted by atomic mass is 9.94. The highest BCUT2D eigenvalue weighted by atomic mass is 16.8. The van der Waals surface area contributed by atoms with Crippen molar-refractivity contribution in [2.24, 2.45) is 10.8 Å². The van der Waals surface area contributed by atoms with E-state index in [1.165, 1.54) is 0 Å². The number of unbranched alkanes of at least 4 members (excludes halogenated alkanes) is 2. The topological polar surface area (TPSA) is 479 Å². The lowest BCUT2D eigenvalue weighted by molar-refractivity contribution is -0.388. The lowest BCUT2D eigenvalue weighted by Gasteiger charge is -2.50. The van der Waals surface area contributed by atoms with Gasteiger partial charge in [-0.1, -0.05) is 5.11 Å². The van der Waals surface area contributed by atoms with Crippen LogP contribution in [-0.2, 0) is 52.2 Å². The Hall–Kier alpha value is -2.22. The van der Waals surface area contributed by atoms with E-state index >= 15 is 0 Å². The number of carbonyl (C=O) groups is 1. The number of aliphatic hydroxyl groups is 14. The molecule has 0 bridgehead atoms. The molecule has 25 atom stereocenters. The highest BCUT2D eigenvalue weighted by Gasteiger charge is 2.57. The Balaban J connectivity index is 1.32. The third-order valence-electron chi connectivity index (χ3n) is 12.0. The van der Waals surface area contributed by atoms with Gasteiger partial charge < -0.3 is 130 Å². The van der Waals surface area contributed by atoms with Crippen LogP contribution >= 0.6 is 0 Å². The lowest BCUT2D eigenvalue weighted by Crippen LogP contribution is -2.70. The van der Waals surface area contributed by atoms with Crippen LogP contribution in [0.3, 0.4) is 0 Å². The summed E-state index contributed by atoms with van der Waals surface area (Å²) in [6.45, 7) is -2.63. The molecule has 30 heteroatoms. The van der Waals surface area contributed by atoms with E-state index in [0.29, 0.717) is 19.4 Å². The molecular formula is C37H65N5O25. The van der Waals surface area contributed by atoms with Crippen LogP contribution in [0.15, 0.2) is 5.11 Å². The van der Waals surface area contributed by atoms with Crippen molar-refractivity contribution in [3.8, 4) is 0 Å². The maximum atomic E-state index is 12.5. The molecule has 17 N–H and O–H groups in total. The Kier molecular flexibility index (Phi) is 21.4. The second kappa shape index (κ2) is 25.8. The molecule has 5 heterocycles. The predicted octanol–water partition coefficient (Wildman–Crippen LogP) is -9.31. The molecule has 5 rings (SSSR count). The molecule has 5 aliphatic rings. The number of hydrogen-bond acceptors (Lipinski definition) is 27. The third-order valence-corrected chi connectivity index (χ3v) is 12.0. The average Bonchev–Trinajstić information content (AvgIpc) is 3.31. The van der Waals surface area contributed by atoms with Gasteiger partial charge in [-0.3, -0.25) is 4.79 Å². The Bertz CT molecular complexity index is 1560. The van der Waals surface area contributed by atoms with E-state index in [1.807, 2.05) is 0 Å². The molecular weight excluding hydrogens is 914 g/mol. The second-order valence-corrected chi connectivity index (χ2v) is 16.6. The molecule has 0 aromatic carbocycles. The van der Waals surface area contributed by atoms with Gasteiger partial charge in [-0.05, 0) is 31.3 Å². The summed E-state index contributed by atoms with van der Waals surface area (Å²) in [4.78, 5) is 15.2. The van der Waals surface area contributed by atoms with E-state index in [0.717, 1.165) is 13.3 Å². The SMILES string of the molecule is CC(=O)NC1[C@H](O[C@@H]2C(O)[C@@H](O[C@H]3C(CO)O[C@@H](O[C@@H]4C(CN=[N+]=[N-])O[C@@H](OCCCCCN)C(O)[C@H]4O)C(O)[C@H]3O)OC(CO)[C@@H]2O)OC(CO)[C@H](O)[C@@H]1O[C@@H]1OC(CO)[C@H](O)[C@H](O)C1O. The molecule has 10 unspecified atom stereocenters. The van der Waals surface area contributed by atoms with Gasteiger partial charge >= 0.3 is 0 Å². The van der Waals surface area contributed by atoms with Crippen LogP contribution < -0.4 is 11.1 Å². The molecule has 0 aliphatic carbocycles. The van der Waals surface area contributed by atoms with Crippen LogP contribution in [-0.4, -0.2) is 277 Å². The Labute approximate surface area is 381 Å². The Morgan fingerprint density at radius 2 is 0.985 bits per heavy atom. The van der Waals surface area contributed by atoms with Gasteiger partial charge in [-0.15, -0.1) is 0 Å². The standard InChI is InChI=1S/C37H65N5O25/c1-12(47)41-18-31(66-35-25(54)22(51)19(48)14(8-43)61-35)20(49)15(9-44)60-33(18)67-32-21(50)16(10-45)62-37(28(32)57)65-30-17(11-46)63-36(27(56)24(30)53)64-29-13(7-40-42-39)59-34(26(55)23(29)52)58-6-4-2-3-5-38/h13-37,43-46,48-57H,2-11,38H2,1H3,(H,41,47)/t13?,14?,15?,16?,17?,18?,19-,20-,21-,22-,23+,24+,25?,26?,27?,28?,29+,30-,31+,32-,33-,34+,35-,36-,37+/m0/s1. The van der Waals surface area contributed by atoms with Gasteiger partial charge in [0.15, 0.2) is 31.5 Å². The van der Waals surface area contributed by atoms with Crippen LogP contribution in [0.5, 0.6) is 0 Å². The minimum absolute atomic E-state index is 0.110. The zero-order valence-corrected chi connectivity index (χ0v) is 36.2. The smallest absolute Gasteiger partial charge is 0.217 e. The first-order chi connectivity index (χ1) is 32.0. The first kappa shape index (κ1) is 55.7. The van der Waals surface area contributed by atoms with Crippen molar-refractivity contribution in [2.45, 2.75) is 180 Å². The van der Waals surface area contributed by atoms with E-state index < -0.39 is 192 Å². The van der Waals surface area contributed by atoms with Crippen LogP contribution in [0.2, 0.25) is 0 Å². The van der Waals surface area contributed by atoms with Crippen molar-refractivity contribution in [3.63, 3.8) is 0 Å². The molecule has 5 fully saturated rings. The summed E-state index contributed by atoms with van der Waals surface area (Å²) in [5.41, 5.74) is 14.5. The largest absolute Gasteiger partial charge is 0.394 e. The molecule has 0 aromatic rings. The first-order valence-electron chi connectivity index (χ1n) is 21.7. The molecule has 0 saturated carbocycles. The monoisotopic (exact) mass is 979 g/mol. The van der Waals surface area contributed by atoms with Gasteiger partial charge in [0.05, 0.1) is 39.1 Å². The summed E-state index contributed by atoms with van der Waals surface area (Å²) in [6, 6.07) is -1.68. The number of azide groups is 1. The number of nitrogens with zero attached hydrogens (tertiary/aromatic N) is 3. The maximum absolute atomic E-state index is 12.5. The Morgan fingerprint density at radius 1 is 0.537 bits per heavy atom. The summed E-state index contributed by atoms with van der Waals surface area (Å²) in [5.74, 6) is -0.806.